The van der Waals surface area contributed by atoms with E-state index in [1.807, 2.05) is 0 Å². The summed E-state index contributed by atoms with van der Waals surface area (Å²) in [7, 11) is 0. The Morgan fingerprint density at radius 3 is 2.36 bits per heavy atom. The lowest BCUT2D eigenvalue weighted by Crippen LogP contribution is -2.32. The summed E-state index contributed by atoms with van der Waals surface area (Å²) in [6.07, 6.45) is 14.9. The summed E-state index contributed by atoms with van der Waals surface area (Å²) in [6.45, 7) is 5.04. The number of aliphatic hydroxyl groups is 1. The smallest absolute Gasteiger partial charge is 0.220 e. The lowest BCUT2D eigenvalue weighted by atomic mass is 10.1. The number of carbonyl (C=O) groups excluding carboxylic acids is 1. The van der Waals surface area contributed by atoms with Crippen LogP contribution < -0.4 is 10.6 Å². The van der Waals surface area contributed by atoms with Gasteiger partial charge in [-0.1, -0.05) is 44.8 Å². The Balaban J connectivity index is 3.15. The Morgan fingerprint density at radius 2 is 1.64 bits per heavy atom. The van der Waals surface area contributed by atoms with Crippen LogP contribution in [0.2, 0.25) is 0 Å². The van der Waals surface area contributed by atoms with Crippen molar-refractivity contribution in [3.05, 3.63) is 12.2 Å². The van der Waals surface area contributed by atoms with Gasteiger partial charge in [-0.3, -0.25) is 4.79 Å². The summed E-state index contributed by atoms with van der Waals surface area (Å²) in [5, 5.41) is 15.0. The van der Waals surface area contributed by atoms with Gasteiger partial charge in [-0.25, -0.2) is 0 Å². The number of hydrogen-bond donors (Lipinski definition) is 3. The van der Waals surface area contributed by atoms with Gasteiger partial charge in [0.2, 0.25) is 5.91 Å². The van der Waals surface area contributed by atoms with Crippen LogP contribution in [0.15, 0.2) is 12.2 Å². The van der Waals surface area contributed by atoms with Gasteiger partial charge in [-0.2, -0.15) is 0 Å². The van der Waals surface area contributed by atoms with Crippen LogP contribution in [0.3, 0.4) is 0 Å². The third kappa shape index (κ3) is 17.2. The molecule has 0 heterocycles. The zero-order valence-corrected chi connectivity index (χ0v) is 14.4. The van der Waals surface area contributed by atoms with Gasteiger partial charge in [0.15, 0.2) is 0 Å². The second-order valence-electron chi connectivity index (χ2n) is 5.72. The Hall–Kier alpha value is -0.870. The summed E-state index contributed by atoms with van der Waals surface area (Å²) in [4.78, 5) is 11.6. The molecule has 130 valence electrons. The molecule has 3 N–H and O–H groups in total. The maximum absolute atomic E-state index is 11.6. The number of amides is 1. The molecular weight excluding hydrogens is 276 g/mol. The average Bonchev–Trinajstić information content (AvgIpc) is 2.52. The molecule has 0 spiro atoms. The predicted octanol–water partition coefficient (Wildman–Crippen LogP) is 3.16. The van der Waals surface area contributed by atoms with Gasteiger partial charge in [0, 0.05) is 26.1 Å². The quantitative estimate of drug-likeness (QED) is 0.303. The highest BCUT2D eigenvalue weighted by molar-refractivity contribution is 5.75. The standard InChI is InChI=1S/C18H36N2O2/c1-2-3-4-7-10-13-18(22)20-16-15-19-14-11-8-5-6-9-12-17-21/h3-4,19,21H,2,5-17H2,1H3,(H,20,22)/b4-3+. The van der Waals surface area contributed by atoms with Gasteiger partial charge in [0.25, 0.3) is 0 Å². The summed E-state index contributed by atoms with van der Waals surface area (Å²) >= 11 is 0. The number of aliphatic hydroxyl groups excluding tert-OH is 1. The lowest BCUT2D eigenvalue weighted by molar-refractivity contribution is -0.121. The van der Waals surface area contributed by atoms with E-state index in [2.05, 4.69) is 29.7 Å². The van der Waals surface area contributed by atoms with Crippen molar-refractivity contribution in [1.29, 1.82) is 0 Å². The van der Waals surface area contributed by atoms with Gasteiger partial charge in [-0.05, 0) is 38.6 Å². The van der Waals surface area contributed by atoms with Crippen LogP contribution in [0.5, 0.6) is 0 Å². The molecule has 0 aromatic rings. The molecule has 0 rings (SSSR count). The second-order valence-corrected chi connectivity index (χ2v) is 5.72. The van der Waals surface area contributed by atoms with Crippen LogP contribution in [0.1, 0.15) is 71.1 Å². The monoisotopic (exact) mass is 312 g/mol. The van der Waals surface area contributed by atoms with Gasteiger partial charge in [0.05, 0.1) is 0 Å². The van der Waals surface area contributed by atoms with Crippen LogP contribution in [-0.4, -0.2) is 37.3 Å². The molecule has 0 bridgehead atoms. The molecule has 0 saturated heterocycles. The van der Waals surface area contributed by atoms with Crippen LogP contribution in [0, 0.1) is 0 Å². The number of nitrogens with one attached hydrogen (secondary N) is 2. The van der Waals surface area contributed by atoms with Gasteiger partial charge < -0.3 is 15.7 Å². The topological polar surface area (TPSA) is 61.4 Å². The third-order valence-corrected chi connectivity index (χ3v) is 3.56. The molecule has 4 heteroatoms. The zero-order valence-electron chi connectivity index (χ0n) is 14.4. The highest BCUT2D eigenvalue weighted by Gasteiger charge is 1.98. The van der Waals surface area contributed by atoms with E-state index in [9.17, 15) is 4.79 Å². The van der Waals surface area contributed by atoms with Crippen molar-refractivity contribution >= 4 is 5.91 Å². The SMILES string of the molecule is CC/C=C/CCCC(=O)NCCNCCCCCCCCO. The molecule has 0 saturated carbocycles. The van der Waals surface area contributed by atoms with E-state index >= 15 is 0 Å². The van der Waals surface area contributed by atoms with Crippen LogP contribution in [0.25, 0.3) is 0 Å². The van der Waals surface area contributed by atoms with E-state index in [1.165, 1.54) is 25.7 Å². The van der Waals surface area contributed by atoms with E-state index in [0.29, 0.717) is 13.0 Å². The van der Waals surface area contributed by atoms with Crippen molar-refractivity contribution in [2.24, 2.45) is 0 Å². The fourth-order valence-corrected chi connectivity index (χ4v) is 2.24. The first-order chi connectivity index (χ1) is 10.8. The van der Waals surface area contributed by atoms with Crippen molar-refractivity contribution in [3.63, 3.8) is 0 Å². The molecule has 1 amide bonds. The Morgan fingerprint density at radius 1 is 0.909 bits per heavy atom. The summed E-state index contributed by atoms with van der Waals surface area (Å²) in [5.41, 5.74) is 0. The second kappa shape index (κ2) is 18.2. The fourth-order valence-electron chi connectivity index (χ4n) is 2.24. The molecule has 0 aliphatic carbocycles. The molecule has 0 radical (unpaired) electrons. The number of unbranched alkanes of at least 4 members (excludes halogenated alkanes) is 6. The first kappa shape index (κ1) is 21.1. The highest BCUT2D eigenvalue weighted by atomic mass is 16.2. The van der Waals surface area contributed by atoms with Crippen LogP contribution >= 0.6 is 0 Å². The number of carbonyl (C=O) groups is 1. The molecule has 0 fully saturated rings. The van der Waals surface area contributed by atoms with E-state index in [0.717, 1.165) is 51.7 Å². The first-order valence-electron chi connectivity index (χ1n) is 9.04. The first-order valence-corrected chi connectivity index (χ1v) is 9.04. The minimum atomic E-state index is 0.163. The van der Waals surface area contributed by atoms with Gasteiger partial charge >= 0.3 is 0 Å². The minimum Gasteiger partial charge on any atom is -0.396 e. The summed E-state index contributed by atoms with van der Waals surface area (Å²) in [6, 6.07) is 0. The summed E-state index contributed by atoms with van der Waals surface area (Å²) in [5.74, 6) is 0.163. The molecule has 0 atom stereocenters. The highest BCUT2D eigenvalue weighted by Crippen LogP contribution is 2.04. The van der Waals surface area contributed by atoms with E-state index in [1.54, 1.807) is 0 Å². The number of rotatable bonds is 16. The predicted molar refractivity (Wildman–Crippen MR) is 93.9 cm³/mol. The fraction of sp³-hybridized carbons (Fsp3) is 0.833. The molecule has 0 aliphatic rings. The van der Waals surface area contributed by atoms with E-state index < -0.39 is 0 Å². The number of allylic oxidation sites excluding steroid dienone is 2. The Kier molecular flexibility index (Phi) is 17.5. The lowest BCUT2D eigenvalue weighted by Gasteiger charge is -2.06. The average molecular weight is 312 g/mol. The van der Waals surface area contributed by atoms with Crippen molar-refractivity contribution < 1.29 is 9.90 Å². The molecule has 0 aromatic heterocycles. The van der Waals surface area contributed by atoms with Gasteiger partial charge in [0.1, 0.15) is 0 Å². The van der Waals surface area contributed by atoms with Crippen molar-refractivity contribution in [1.82, 2.24) is 10.6 Å². The normalized spacial score (nSPS) is 11.2. The Bertz CT molecular complexity index is 268. The van der Waals surface area contributed by atoms with Crippen molar-refractivity contribution in [3.8, 4) is 0 Å². The maximum Gasteiger partial charge on any atom is 0.220 e. The third-order valence-electron chi connectivity index (χ3n) is 3.56. The van der Waals surface area contributed by atoms with Gasteiger partial charge in [-0.15, -0.1) is 0 Å². The zero-order chi connectivity index (χ0) is 16.3. The van der Waals surface area contributed by atoms with Crippen LogP contribution in [-0.2, 0) is 4.79 Å². The molecule has 0 aromatic carbocycles. The van der Waals surface area contributed by atoms with Crippen molar-refractivity contribution in [2.45, 2.75) is 71.1 Å². The largest absolute Gasteiger partial charge is 0.396 e. The summed E-state index contributed by atoms with van der Waals surface area (Å²) < 4.78 is 0. The molecule has 22 heavy (non-hydrogen) atoms. The van der Waals surface area contributed by atoms with E-state index in [-0.39, 0.29) is 5.91 Å². The molecule has 0 aliphatic heterocycles. The number of hydrogen-bond acceptors (Lipinski definition) is 3. The maximum atomic E-state index is 11.6. The minimum absolute atomic E-state index is 0.163. The van der Waals surface area contributed by atoms with Crippen molar-refractivity contribution in [2.75, 3.05) is 26.2 Å². The van der Waals surface area contributed by atoms with E-state index in [4.69, 9.17) is 5.11 Å². The molecular formula is C18H36N2O2. The Labute approximate surface area is 136 Å². The molecule has 0 unspecified atom stereocenters. The van der Waals surface area contributed by atoms with Crippen LogP contribution in [0.4, 0.5) is 0 Å². The molecule has 4 nitrogen and oxygen atoms in total.